The summed E-state index contributed by atoms with van der Waals surface area (Å²) in [5.74, 6) is -0.109. The van der Waals surface area contributed by atoms with Gasteiger partial charge in [0.2, 0.25) is 0 Å². The predicted molar refractivity (Wildman–Crippen MR) is 89.9 cm³/mol. The quantitative estimate of drug-likeness (QED) is 0.774. The number of benzene rings is 1. The summed E-state index contributed by atoms with van der Waals surface area (Å²) < 4.78 is 0. The molecule has 0 bridgehead atoms. The van der Waals surface area contributed by atoms with Gasteiger partial charge in [-0.2, -0.15) is 0 Å². The summed E-state index contributed by atoms with van der Waals surface area (Å²) in [6, 6.07) is 7.59. The average molecular weight is 328 g/mol. The third-order valence-electron chi connectivity index (χ3n) is 5.12. The number of ketones is 2. The molecule has 0 saturated heterocycles. The van der Waals surface area contributed by atoms with Crippen molar-refractivity contribution in [1.29, 1.82) is 0 Å². The molecule has 1 saturated carbocycles. The predicted octanol–water partition coefficient (Wildman–Crippen LogP) is 4.25. The Labute approximate surface area is 140 Å². The van der Waals surface area contributed by atoms with Crippen molar-refractivity contribution >= 4 is 28.9 Å². The molecule has 4 heteroatoms. The van der Waals surface area contributed by atoms with Crippen LogP contribution in [0.5, 0.6) is 0 Å². The van der Waals surface area contributed by atoms with Gasteiger partial charge in [0, 0.05) is 40.8 Å². The van der Waals surface area contributed by atoms with E-state index in [0.717, 1.165) is 48.2 Å². The molecule has 1 aromatic rings. The normalized spacial score (nSPS) is 27.4. The molecule has 3 aliphatic rings. The van der Waals surface area contributed by atoms with Crippen molar-refractivity contribution in [3.05, 3.63) is 46.1 Å². The lowest BCUT2D eigenvalue weighted by atomic mass is 9.67. The van der Waals surface area contributed by atoms with E-state index in [9.17, 15) is 9.59 Å². The first-order valence-electron chi connectivity index (χ1n) is 8.27. The van der Waals surface area contributed by atoms with E-state index in [2.05, 4.69) is 0 Å². The molecule has 2 unspecified atom stereocenters. The van der Waals surface area contributed by atoms with Crippen LogP contribution in [0.2, 0.25) is 5.02 Å². The van der Waals surface area contributed by atoms with Crippen LogP contribution >= 0.6 is 11.6 Å². The average Bonchev–Trinajstić information content (AvgIpc) is 2.53. The molecule has 2 atom stereocenters. The summed E-state index contributed by atoms with van der Waals surface area (Å²) in [6.45, 7) is 0. The highest BCUT2D eigenvalue weighted by Crippen LogP contribution is 2.46. The molecule has 2 aliphatic carbocycles. The zero-order valence-corrected chi connectivity index (χ0v) is 13.6. The molecule has 1 heterocycles. The number of allylic oxidation sites excluding steroid dienone is 2. The van der Waals surface area contributed by atoms with Crippen LogP contribution in [0, 0.1) is 5.92 Å². The Hall–Kier alpha value is -1.74. The highest BCUT2D eigenvalue weighted by atomic mass is 35.5. The largest absolute Gasteiger partial charge is 0.299 e. The maximum absolute atomic E-state index is 12.6. The minimum absolute atomic E-state index is 0.150. The molecule has 1 aromatic carbocycles. The molecular weight excluding hydrogens is 310 g/mol. The molecule has 1 fully saturated rings. The van der Waals surface area contributed by atoms with Gasteiger partial charge in [-0.1, -0.05) is 23.7 Å². The van der Waals surface area contributed by atoms with Crippen molar-refractivity contribution in [2.24, 2.45) is 10.9 Å². The van der Waals surface area contributed by atoms with E-state index in [-0.39, 0.29) is 23.4 Å². The number of carbonyl (C=O) groups excluding carboxylic acids is 2. The van der Waals surface area contributed by atoms with E-state index in [1.165, 1.54) is 0 Å². The molecular formula is C19H18ClNO2. The van der Waals surface area contributed by atoms with Crippen LogP contribution in [-0.4, -0.2) is 17.3 Å². The number of hydrogen-bond acceptors (Lipinski definition) is 3. The summed E-state index contributed by atoms with van der Waals surface area (Å²) in [4.78, 5) is 30.0. The fraction of sp³-hybridized carbons (Fsp3) is 0.421. The minimum Gasteiger partial charge on any atom is -0.299 e. The number of nitrogens with zero attached hydrogens (tertiary/aromatic N) is 1. The lowest BCUT2D eigenvalue weighted by Gasteiger charge is -2.37. The Morgan fingerprint density at radius 2 is 1.83 bits per heavy atom. The molecule has 0 aromatic heterocycles. The standard InChI is InChI=1S/C19H18ClNO2/c20-12-5-1-4-11(10-12)17-18-13(6-2-8-15(18)22)21-14-7-3-9-16(23)19(14)17/h1,4-5,10,17-18H,2-3,6-9H2. The molecule has 4 rings (SSSR count). The van der Waals surface area contributed by atoms with E-state index >= 15 is 0 Å². The number of Topliss-reactive ketones (excluding diaryl/α,β-unsaturated/α-hetero) is 2. The van der Waals surface area contributed by atoms with Gasteiger partial charge in [0.25, 0.3) is 0 Å². The molecule has 3 nitrogen and oxygen atoms in total. The van der Waals surface area contributed by atoms with Gasteiger partial charge in [-0.15, -0.1) is 0 Å². The summed E-state index contributed by atoms with van der Waals surface area (Å²) >= 11 is 6.17. The Kier molecular flexibility index (Phi) is 3.68. The summed E-state index contributed by atoms with van der Waals surface area (Å²) in [6.07, 6.45) is 4.56. The van der Waals surface area contributed by atoms with Crippen molar-refractivity contribution in [2.75, 3.05) is 0 Å². The van der Waals surface area contributed by atoms with Crippen molar-refractivity contribution in [3.8, 4) is 0 Å². The lowest BCUT2D eigenvalue weighted by molar-refractivity contribution is -0.122. The molecule has 0 radical (unpaired) electrons. The van der Waals surface area contributed by atoms with Gasteiger partial charge in [-0.3, -0.25) is 14.6 Å². The summed E-state index contributed by atoms with van der Waals surface area (Å²) in [5.41, 5.74) is 3.61. The Balaban J connectivity index is 1.91. The molecule has 118 valence electrons. The van der Waals surface area contributed by atoms with Crippen LogP contribution < -0.4 is 0 Å². The van der Waals surface area contributed by atoms with E-state index in [4.69, 9.17) is 16.6 Å². The highest BCUT2D eigenvalue weighted by Gasteiger charge is 2.44. The molecule has 0 amide bonds. The zero-order valence-electron chi connectivity index (χ0n) is 12.8. The Morgan fingerprint density at radius 3 is 2.65 bits per heavy atom. The first-order valence-corrected chi connectivity index (χ1v) is 8.65. The highest BCUT2D eigenvalue weighted by molar-refractivity contribution is 6.30. The first kappa shape index (κ1) is 14.8. The lowest BCUT2D eigenvalue weighted by Crippen LogP contribution is -2.39. The molecule has 0 N–H and O–H groups in total. The van der Waals surface area contributed by atoms with Crippen molar-refractivity contribution in [3.63, 3.8) is 0 Å². The van der Waals surface area contributed by atoms with Crippen molar-refractivity contribution in [2.45, 2.75) is 44.4 Å². The number of rotatable bonds is 1. The number of hydrogen-bond donors (Lipinski definition) is 0. The molecule has 23 heavy (non-hydrogen) atoms. The van der Waals surface area contributed by atoms with Crippen LogP contribution in [0.1, 0.15) is 50.0 Å². The van der Waals surface area contributed by atoms with Gasteiger partial charge < -0.3 is 0 Å². The SMILES string of the molecule is O=C1CCCC2=C1C(c1cccc(Cl)c1)C1C(=O)CCCC1=N2. The van der Waals surface area contributed by atoms with Crippen LogP contribution in [0.4, 0.5) is 0 Å². The maximum Gasteiger partial charge on any atom is 0.161 e. The number of carbonyl (C=O) groups is 2. The Bertz CT molecular complexity index is 762. The molecule has 1 aliphatic heterocycles. The number of fused-ring (bicyclic) bond motifs is 1. The topological polar surface area (TPSA) is 46.5 Å². The third kappa shape index (κ3) is 2.47. The van der Waals surface area contributed by atoms with Crippen LogP contribution in [0.15, 0.2) is 40.5 Å². The fourth-order valence-electron chi connectivity index (χ4n) is 4.16. The summed E-state index contributed by atoms with van der Waals surface area (Å²) in [7, 11) is 0. The van der Waals surface area contributed by atoms with Gasteiger partial charge in [-0.25, -0.2) is 0 Å². The van der Waals surface area contributed by atoms with Crippen LogP contribution in [0.25, 0.3) is 0 Å². The van der Waals surface area contributed by atoms with Crippen molar-refractivity contribution < 1.29 is 9.59 Å². The second-order valence-corrected chi connectivity index (χ2v) is 7.01. The second kappa shape index (κ2) is 5.72. The maximum atomic E-state index is 12.6. The smallest absolute Gasteiger partial charge is 0.161 e. The number of halogens is 1. The third-order valence-corrected chi connectivity index (χ3v) is 5.36. The van der Waals surface area contributed by atoms with Gasteiger partial charge in [0.15, 0.2) is 5.78 Å². The van der Waals surface area contributed by atoms with E-state index in [1.54, 1.807) is 0 Å². The Morgan fingerprint density at radius 1 is 1.00 bits per heavy atom. The van der Waals surface area contributed by atoms with Gasteiger partial charge in [0.05, 0.1) is 5.92 Å². The minimum atomic E-state index is -0.275. The number of aliphatic imine (C=N–C) groups is 1. The molecule has 0 spiro atoms. The van der Waals surface area contributed by atoms with E-state index < -0.39 is 0 Å². The second-order valence-electron chi connectivity index (χ2n) is 6.57. The first-order chi connectivity index (χ1) is 11.1. The van der Waals surface area contributed by atoms with Gasteiger partial charge >= 0.3 is 0 Å². The van der Waals surface area contributed by atoms with E-state index in [1.807, 2.05) is 24.3 Å². The van der Waals surface area contributed by atoms with Crippen LogP contribution in [0.3, 0.4) is 0 Å². The fourth-order valence-corrected chi connectivity index (χ4v) is 4.36. The van der Waals surface area contributed by atoms with Crippen molar-refractivity contribution in [1.82, 2.24) is 0 Å². The van der Waals surface area contributed by atoms with Gasteiger partial charge in [0.1, 0.15) is 5.78 Å². The summed E-state index contributed by atoms with van der Waals surface area (Å²) in [5, 5.41) is 0.639. The van der Waals surface area contributed by atoms with Crippen LogP contribution in [-0.2, 0) is 9.59 Å². The van der Waals surface area contributed by atoms with E-state index in [0.29, 0.717) is 17.9 Å². The zero-order chi connectivity index (χ0) is 16.0. The van der Waals surface area contributed by atoms with Gasteiger partial charge in [-0.05, 0) is 43.4 Å². The monoisotopic (exact) mass is 327 g/mol.